The second-order valence-corrected chi connectivity index (χ2v) is 7.40. The fourth-order valence-corrected chi connectivity index (χ4v) is 3.69. The number of aryl methyl sites for hydroxylation is 1. The van der Waals surface area contributed by atoms with Crippen molar-refractivity contribution in [3.63, 3.8) is 0 Å². The van der Waals surface area contributed by atoms with Crippen molar-refractivity contribution >= 4 is 34.1 Å². The second-order valence-electron chi connectivity index (χ2n) is 6.38. The Morgan fingerprint density at radius 2 is 1.78 bits per heavy atom. The van der Waals surface area contributed by atoms with Crippen LogP contribution >= 0.6 is 11.3 Å². The van der Waals surface area contributed by atoms with Crippen molar-refractivity contribution in [2.24, 2.45) is 0 Å². The third-order valence-electron chi connectivity index (χ3n) is 3.87. The van der Waals surface area contributed by atoms with E-state index < -0.39 is 5.97 Å². The second kappa shape index (κ2) is 8.81. The number of ether oxygens (including phenoxy) is 1. The van der Waals surface area contributed by atoms with Crippen molar-refractivity contribution in [1.82, 2.24) is 5.32 Å². The number of hydrogen-bond acceptors (Lipinski definition) is 5. The van der Waals surface area contributed by atoms with Gasteiger partial charge in [0.15, 0.2) is 0 Å². The molecule has 2 rings (SSSR count). The molecule has 2 N–H and O–H groups in total. The van der Waals surface area contributed by atoms with Crippen LogP contribution in [0.15, 0.2) is 24.3 Å². The van der Waals surface area contributed by atoms with Gasteiger partial charge in [0, 0.05) is 11.6 Å². The molecule has 0 unspecified atom stereocenters. The molecule has 1 aromatic heterocycles. The lowest BCUT2D eigenvalue weighted by Gasteiger charge is -2.08. The Balaban J connectivity index is 2.44. The van der Waals surface area contributed by atoms with Crippen LogP contribution < -0.4 is 10.6 Å². The topological polar surface area (TPSA) is 84.5 Å². The monoisotopic (exact) mass is 388 g/mol. The van der Waals surface area contributed by atoms with Gasteiger partial charge in [0.2, 0.25) is 0 Å². The number of nitrogens with one attached hydrogen (secondary N) is 2. The SMILES string of the molecule is CCOC(=O)c1c(NC(=O)c2ccccc2C)sc(C(=O)NC(C)C)c1C. The molecule has 1 aromatic carbocycles. The molecule has 144 valence electrons. The predicted molar refractivity (Wildman–Crippen MR) is 107 cm³/mol. The molecule has 6 nitrogen and oxygen atoms in total. The number of rotatable bonds is 6. The molecule has 0 aliphatic rings. The number of thiophene rings is 1. The first kappa shape index (κ1) is 20.6. The molecule has 7 heteroatoms. The summed E-state index contributed by atoms with van der Waals surface area (Å²) in [4.78, 5) is 38.0. The summed E-state index contributed by atoms with van der Waals surface area (Å²) in [6.45, 7) is 9.14. The zero-order valence-corrected chi connectivity index (χ0v) is 17.0. The van der Waals surface area contributed by atoms with Gasteiger partial charge in [0.1, 0.15) is 5.00 Å². The van der Waals surface area contributed by atoms with Crippen molar-refractivity contribution in [2.75, 3.05) is 11.9 Å². The van der Waals surface area contributed by atoms with E-state index in [1.54, 1.807) is 26.0 Å². The Hall–Kier alpha value is -2.67. The molecule has 0 spiro atoms. The van der Waals surface area contributed by atoms with Gasteiger partial charge in [-0.25, -0.2) is 4.79 Å². The normalized spacial score (nSPS) is 10.6. The summed E-state index contributed by atoms with van der Waals surface area (Å²) in [6, 6.07) is 7.12. The van der Waals surface area contributed by atoms with Gasteiger partial charge in [0.05, 0.1) is 17.0 Å². The van der Waals surface area contributed by atoms with Crippen LogP contribution in [0.1, 0.15) is 62.3 Å². The summed E-state index contributed by atoms with van der Waals surface area (Å²) < 4.78 is 5.12. The maximum absolute atomic E-state index is 12.7. The van der Waals surface area contributed by atoms with Crippen LogP contribution in [0, 0.1) is 13.8 Å². The average molecular weight is 388 g/mol. The summed E-state index contributed by atoms with van der Waals surface area (Å²) >= 11 is 1.07. The minimum absolute atomic E-state index is 0.0462. The van der Waals surface area contributed by atoms with Gasteiger partial charge in [-0.2, -0.15) is 0 Å². The predicted octanol–water partition coefficient (Wildman–Crippen LogP) is 3.93. The molecule has 0 aliphatic carbocycles. The lowest BCUT2D eigenvalue weighted by atomic mass is 10.1. The molecule has 0 atom stereocenters. The summed E-state index contributed by atoms with van der Waals surface area (Å²) in [6.07, 6.45) is 0. The van der Waals surface area contributed by atoms with Gasteiger partial charge in [0.25, 0.3) is 11.8 Å². The fraction of sp³-hybridized carbons (Fsp3) is 0.350. The van der Waals surface area contributed by atoms with Gasteiger partial charge in [-0.1, -0.05) is 18.2 Å². The molecule has 0 radical (unpaired) electrons. The Morgan fingerprint density at radius 1 is 1.11 bits per heavy atom. The molecule has 2 amide bonds. The summed E-state index contributed by atoms with van der Waals surface area (Å²) in [5.41, 5.74) is 2.04. The van der Waals surface area contributed by atoms with Crippen LogP contribution in [0.4, 0.5) is 5.00 Å². The van der Waals surface area contributed by atoms with E-state index in [0.717, 1.165) is 16.9 Å². The molecule has 0 saturated carbocycles. The van der Waals surface area contributed by atoms with E-state index >= 15 is 0 Å². The van der Waals surface area contributed by atoms with Gasteiger partial charge >= 0.3 is 5.97 Å². The van der Waals surface area contributed by atoms with E-state index in [0.29, 0.717) is 21.0 Å². The number of benzene rings is 1. The van der Waals surface area contributed by atoms with E-state index in [2.05, 4.69) is 10.6 Å². The smallest absolute Gasteiger partial charge is 0.341 e. The third-order valence-corrected chi connectivity index (χ3v) is 5.08. The molecular weight excluding hydrogens is 364 g/mol. The van der Waals surface area contributed by atoms with Crippen molar-refractivity contribution < 1.29 is 19.1 Å². The van der Waals surface area contributed by atoms with Crippen LogP contribution in [0.5, 0.6) is 0 Å². The standard InChI is InChI=1S/C20H24N2O4S/c1-6-26-20(25)15-13(5)16(18(24)21-11(2)3)27-19(15)22-17(23)14-10-8-7-9-12(14)4/h7-11H,6H2,1-5H3,(H,21,24)(H,22,23). The molecular formula is C20H24N2O4S. The molecule has 0 fully saturated rings. The van der Waals surface area contributed by atoms with E-state index in [1.165, 1.54) is 0 Å². The van der Waals surface area contributed by atoms with E-state index in [1.807, 2.05) is 32.9 Å². The quantitative estimate of drug-likeness (QED) is 0.734. The van der Waals surface area contributed by atoms with Crippen LogP contribution in [-0.2, 0) is 4.74 Å². The van der Waals surface area contributed by atoms with Gasteiger partial charge in [-0.05, 0) is 51.8 Å². The molecule has 2 aromatic rings. The highest BCUT2D eigenvalue weighted by molar-refractivity contribution is 7.18. The zero-order valence-electron chi connectivity index (χ0n) is 16.1. The van der Waals surface area contributed by atoms with Gasteiger partial charge in [-0.3, -0.25) is 9.59 Å². The lowest BCUT2D eigenvalue weighted by molar-refractivity contribution is 0.0527. The van der Waals surface area contributed by atoms with E-state index in [-0.39, 0.29) is 30.0 Å². The maximum atomic E-state index is 12.7. The lowest BCUT2D eigenvalue weighted by Crippen LogP contribution is -2.29. The van der Waals surface area contributed by atoms with Gasteiger partial charge < -0.3 is 15.4 Å². The molecule has 27 heavy (non-hydrogen) atoms. The van der Waals surface area contributed by atoms with Gasteiger partial charge in [-0.15, -0.1) is 11.3 Å². The minimum Gasteiger partial charge on any atom is -0.462 e. The first-order valence-electron chi connectivity index (χ1n) is 8.74. The molecule has 0 aliphatic heterocycles. The Kier molecular flexibility index (Phi) is 6.74. The summed E-state index contributed by atoms with van der Waals surface area (Å²) in [7, 11) is 0. The first-order chi connectivity index (χ1) is 12.8. The fourth-order valence-electron chi connectivity index (χ4n) is 2.59. The van der Waals surface area contributed by atoms with Crippen molar-refractivity contribution in [1.29, 1.82) is 0 Å². The molecule has 0 bridgehead atoms. The van der Waals surface area contributed by atoms with Crippen LogP contribution in [0.3, 0.4) is 0 Å². The third kappa shape index (κ3) is 4.74. The summed E-state index contributed by atoms with van der Waals surface area (Å²) in [5.74, 6) is -1.18. The zero-order chi connectivity index (χ0) is 20.1. The van der Waals surface area contributed by atoms with Crippen LogP contribution in [0.25, 0.3) is 0 Å². The molecule has 1 heterocycles. The number of carbonyl (C=O) groups is 3. The van der Waals surface area contributed by atoms with Crippen molar-refractivity contribution in [2.45, 2.75) is 40.7 Å². The highest BCUT2D eigenvalue weighted by Gasteiger charge is 2.27. The average Bonchev–Trinajstić information content (AvgIpc) is 2.91. The highest BCUT2D eigenvalue weighted by atomic mass is 32.1. The van der Waals surface area contributed by atoms with E-state index in [9.17, 15) is 14.4 Å². The maximum Gasteiger partial charge on any atom is 0.341 e. The van der Waals surface area contributed by atoms with Crippen LogP contribution in [-0.4, -0.2) is 30.4 Å². The number of carbonyl (C=O) groups excluding carboxylic acids is 3. The van der Waals surface area contributed by atoms with Crippen molar-refractivity contribution in [3.8, 4) is 0 Å². The Morgan fingerprint density at radius 3 is 2.37 bits per heavy atom. The minimum atomic E-state index is -0.560. The van der Waals surface area contributed by atoms with Crippen molar-refractivity contribution in [3.05, 3.63) is 51.4 Å². The largest absolute Gasteiger partial charge is 0.462 e. The Labute approximate surface area is 162 Å². The number of esters is 1. The van der Waals surface area contributed by atoms with E-state index in [4.69, 9.17) is 4.74 Å². The molecule has 0 saturated heterocycles. The van der Waals surface area contributed by atoms with Crippen LogP contribution in [0.2, 0.25) is 0 Å². The number of amides is 2. The first-order valence-corrected chi connectivity index (χ1v) is 9.56. The number of anilines is 1. The Bertz CT molecular complexity index is 871. The summed E-state index contributed by atoms with van der Waals surface area (Å²) in [5, 5.41) is 5.90. The number of hydrogen-bond donors (Lipinski definition) is 2. The highest BCUT2D eigenvalue weighted by Crippen LogP contribution is 2.34.